The first-order valence-electron chi connectivity index (χ1n) is 8.86. The summed E-state index contributed by atoms with van der Waals surface area (Å²) in [4.78, 5) is 12.7. The summed E-state index contributed by atoms with van der Waals surface area (Å²) in [5, 5.41) is 14.4. The van der Waals surface area contributed by atoms with Crippen LogP contribution >= 0.6 is 35.3 Å². The molecule has 0 fully saturated rings. The highest BCUT2D eigenvalue weighted by Crippen LogP contribution is 2.27. The number of hydrogen-bond donors (Lipinski definition) is 2. The molecular formula is C19H27IN4O2S. The van der Waals surface area contributed by atoms with Crippen molar-refractivity contribution in [2.45, 2.75) is 38.8 Å². The standard InChI is InChI=1S/C19H26N4O2S.HI/c1-20-19(21-11-13-8-9-16(25-3)15(24)10-13)23(2)12-18-22-14-6-4-5-7-17(14)26-18;/h8-10,24H,4-7,11-12H2,1-3H3,(H,20,21);1H. The molecule has 0 amide bonds. The summed E-state index contributed by atoms with van der Waals surface area (Å²) in [6.07, 6.45) is 4.82. The van der Waals surface area contributed by atoms with Crippen molar-refractivity contribution in [1.82, 2.24) is 15.2 Å². The number of aromatic hydroxyl groups is 1. The van der Waals surface area contributed by atoms with Crippen LogP contribution in [0.25, 0.3) is 0 Å². The number of nitrogens with zero attached hydrogens (tertiary/aromatic N) is 3. The minimum absolute atomic E-state index is 0. The van der Waals surface area contributed by atoms with Gasteiger partial charge in [-0.1, -0.05) is 6.07 Å². The maximum Gasteiger partial charge on any atom is 0.194 e. The normalized spacial score (nSPS) is 13.5. The Bertz CT molecular complexity index is 771. The highest BCUT2D eigenvalue weighted by molar-refractivity contribution is 14.0. The number of benzene rings is 1. The lowest BCUT2D eigenvalue weighted by Crippen LogP contribution is -2.38. The highest BCUT2D eigenvalue weighted by atomic mass is 127. The average Bonchev–Trinajstić information content (AvgIpc) is 3.04. The molecule has 0 unspecified atom stereocenters. The van der Waals surface area contributed by atoms with E-state index in [1.165, 1.54) is 29.8 Å². The summed E-state index contributed by atoms with van der Waals surface area (Å²) < 4.78 is 5.08. The van der Waals surface area contributed by atoms with E-state index in [1.807, 2.05) is 24.5 Å². The average molecular weight is 502 g/mol. The molecule has 0 atom stereocenters. The summed E-state index contributed by atoms with van der Waals surface area (Å²) >= 11 is 1.83. The van der Waals surface area contributed by atoms with Gasteiger partial charge in [0.1, 0.15) is 5.01 Å². The summed E-state index contributed by atoms with van der Waals surface area (Å²) in [5.74, 6) is 1.42. The molecule has 8 heteroatoms. The Morgan fingerprint density at radius 2 is 2.15 bits per heavy atom. The van der Waals surface area contributed by atoms with Crippen LogP contribution in [-0.2, 0) is 25.9 Å². The SMILES string of the molecule is CN=C(NCc1ccc(OC)c(O)c1)N(C)Cc1nc2c(s1)CCCC2.I. The van der Waals surface area contributed by atoms with Crippen LogP contribution in [0, 0.1) is 0 Å². The maximum absolute atomic E-state index is 9.90. The van der Waals surface area contributed by atoms with E-state index in [4.69, 9.17) is 9.72 Å². The van der Waals surface area contributed by atoms with E-state index in [2.05, 4.69) is 15.2 Å². The third-order valence-corrected chi connectivity index (χ3v) is 5.67. The molecule has 1 heterocycles. The number of ether oxygens (including phenoxy) is 1. The molecule has 1 aromatic carbocycles. The molecule has 0 bridgehead atoms. The smallest absolute Gasteiger partial charge is 0.194 e. The zero-order valence-corrected chi connectivity index (χ0v) is 19.1. The predicted molar refractivity (Wildman–Crippen MR) is 120 cm³/mol. The molecule has 148 valence electrons. The van der Waals surface area contributed by atoms with E-state index >= 15 is 0 Å². The number of hydrogen-bond acceptors (Lipinski definition) is 5. The van der Waals surface area contributed by atoms with Gasteiger partial charge in [-0.3, -0.25) is 4.99 Å². The molecule has 2 aromatic rings. The summed E-state index contributed by atoms with van der Waals surface area (Å²) in [5.41, 5.74) is 2.25. The Labute approximate surface area is 181 Å². The molecule has 1 aliphatic carbocycles. The van der Waals surface area contributed by atoms with Gasteiger partial charge in [0.05, 0.1) is 19.3 Å². The predicted octanol–water partition coefficient (Wildman–Crippen LogP) is 3.56. The number of phenols is 1. The second kappa shape index (κ2) is 10.1. The minimum atomic E-state index is 0. The van der Waals surface area contributed by atoms with Crippen LogP contribution in [-0.4, -0.2) is 42.2 Å². The van der Waals surface area contributed by atoms with Crippen LogP contribution in [0.5, 0.6) is 11.5 Å². The van der Waals surface area contributed by atoms with Crippen LogP contribution in [0.3, 0.4) is 0 Å². The highest BCUT2D eigenvalue weighted by Gasteiger charge is 2.17. The van der Waals surface area contributed by atoms with Gasteiger partial charge in [0.2, 0.25) is 0 Å². The number of aryl methyl sites for hydroxylation is 2. The number of aliphatic imine (C=N–C) groups is 1. The van der Waals surface area contributed by atoms with E-state index in [0.29, 0.717) is 12.3 Å². The van der Waals surface area contributed by atoms with Crippen molar-refractivity contribution < 1.29 is 9.84 Å². The van der Waals surface area contributed by atoms with Crippen molar-refractivity contribution in [2.24, 2.45) is 4.99 Å². The van der Waals surface area contributed by atoms with Crippen molar-refractivity contribution >= 4 is 41.3 Å². The molecule has 2 N–H and O–H groups in total. The zero-order valence-electron chi connectivity index (χ0n) is 16.0. The fourth-order valence-electron chi connectivity index (χ4n) is 3.16. The molecule has 1 aromatic heterocycles. The van der Waals surface area contributed by atoms with Crippen LogP contribution in [0.4, 0.5) is 0 Å². The second-order valence-electron chi connectivity index (χ2n) is 6.45. The van der Waals surface area contributed by atoms with Crippen molar-refractivity contribution in [3.05, 3.63) is 39.3 Å². The van der Waals surface area contributed by atoms with E-state index in [9.17, 15) is 5.11 Å². The van der Waals surface area contributed by atoms with Gasteiger partial charge >= 0.3 is 0 Å². The molecule has 27 heavy (non-hydrogen) atoms. The van der Waals surface area contributed by atoms with Gasteiger partial charge in [-0.05, 0) is 43.4 Å². The van der Waals surface area contributed by atoms with Crippen molar-refractivity contribution in [3.63, 3.8) is 0 Å². The van der Waals surface area contributed by atoms with Gasteiger partial charge in [0, 0.05) is 25.5 Å². The third kappa shape index (κ3) is 5.47. The Morgan fingerprint density at radius 3 is 2.81 bits per heavy atom. The van der Waals surface area contributed by atoms with E-state index in [-0.39, 0.29) is 29.7 Å². The van der Waals surface area contributed by atoms with Crippen LogP contribution in [0.1, 0.15) is 34.0 Å². The lowest BCUT2D eigenvalue weighted by Gasteiger charge is -2.21. The molecule has 0 radical (unpaired) electrons. The first kappa shape index (κ1) is 21.7. The topological polar surface area (TPSA) is 70.0 Å². The second-order valence-corrected chi connectivity index (χ2v) is 7.62. The van der Waals surface area contributed by atoms with Crippen molar-refractivity contribution in [1.29, 1.82) is 0 Å². The number of nitrogens with one attached hydrogen (secondary N) is 1. The molecule has 6 nitrogen and oxygen atoms in total. The largest absolute Gasteiger partial charge is 0.504 e. The fourth-order valence-corrected chi connectivity index (χ4v) is 4.37. The Kier molecular flexibility index (Phi) is 8.15. The molecule has 3 rings (SSSR count). The van der Waals surface area contributed by atoms with E-state index in [1.54, 1.807) is 26.3 Å². The van der Waals surface area contributed by atoms with Crippen LogP contribution < -0.4 is 10.1 Å². The molecule has 0 spiro atoms. The number of methoxy groups -OCH3 is 1. The van der Waals surface area contributed by atoms with Gasteiger partial charge in [-0.25, -0.2) is 4.98 Å². The van der Waals surface area contributed by atoms with Gasteiger partial charge in [0.25, 0.3) is 0 Å². The van der Waals surface area contributed by atoms with Crippen molar-refractivity contribution in [2.75, 3.05) is 21.2 Å². The van der Waals surface area contributed by atoms with Crippen LogP contribution in [0.15, 0.2) is 23.2 Å². The molecule has 1 aliphatic rings. The first-order chi connectivity index (χ1) is 12.6. The number of guanidine groups is 1. The van der Waals surface area contributed by atoms with E-state index in [0.717, 1.165) is 29.5 Å². The Morgan fingerprint density at radius 1 is 1.37 bits per heavy atom. The van der Waals surface area contributed by atoms with Gasteiger partial charge in [-0.15, -0.1) is 35.3 Å². The van der Waals surface area contributed by atoms with E-state index < -0.39 is 0 Å². The number of fused-ring (bicyclic) bond motifs is 1. The van der Waals surface area contributed by atoms with Gasteiger partial charge < -0.3 is 20.1 Å². The first-order valence-corrected chi connectivity index (χ1v) is 9.67. The Balaban J connectivity index is 0.00000261. The zero-order chi connectivity index (χ0) is 18.5. The quantitative estimate of drug-likeness (QED) is 0.372. The number of halogens is 1. The molecule has 0 saturated heterocycles. The summed E-state index contributed by atoms with van der Waals surface area (Å²) in [7, 11) is 5.33. The Hall–Kier alpha value is -1.55. The lowest BCUT2D eigenvalue weighted by atomic mass is 10.0. The minimum Gasteiger partial charge on any atom is -0.504 e. The maximum atomic E-state index is 9.90. The molecule has 0 saturated carbocycles. The number of phenolic OH excluding ortho intramolecular Hbond substituents is 1. The summed E-state index contributed by atoms with van der Waals surface area (Å²) in [6, 6.07) is 5.39. The third-order valence-electron chi connectivity index (χ3n) is 4.53. The monoisotopic (exact) mass is 502 g/mol. The number of thiazole rings is 1. The van der Waals surface area contributed by atoms with Crippen molar-refractivity contribution in [3.8, 4) is 11.5 Å². The lowest BCUT2D eigenvalue weighted by molar-refractivity contribution is 0.373. The fraction of sp³-hybridized carbons (Fsp3) is 0.474. The van der Waals surface area contributed by atoms with Gasteiger partial charge in [0.15, 0.2) is 17.5 Å². The van der Waals surface area contributed by atoms with Crippen LogP contribution in [0.2, 0.25) is 0 Å². The number of aromatic nitrogens is 1. The van der Waals surface area contributed by atoms with Gasteiger partial charge in [-0.2, -0.15) is 0 Å². The molecular weight excluding hydrogens is 475 g/mol. The molecule has 0 aliphatic heterocycles. The number of rotatable bonds is 5. The summed E-state index contributed by atoms with van der Waals surface area (Å²) in [6.45, 7) is 1.31.